The number of aliphatic carboxylic acids is 1. The average Bonchev–Trinajstić information content (AvgIpc) is 2.33. The van der Waals surface area contributed by atoms with Crippen molar-refractivity contribution in [1.82, 2.24) is 0 Å². The summed E-state index contributed by atoms with van der Waals surface area (Å²) in [7, 11) is 0. The summed E-state index contributed by atoms with van der Waals surface area (Å²) in [5.41, 5.74) is 0. The second-order valence-electron chi connectivity index (χ2n) is 3.97. The summed E-state index contributed by atoms with van der Waals surface area (Å²) in [5.74, 6) is -0.742. The highest BCUT2D eigenvalue weighted by molar-refractivity contribution is 9.10. The Bertz CT molecular complexity index is 399. The Hall–Kier alpha value is -0.520. The lowest BCUT2D eigenvalue weighted by atomic mass is 9.99. The third kappa shape index (κ3) is 3.03. The van der Waals surface area contributed by atoms with Crippen molar-refractivity contribution in [2.45, 2.75) is 22.5 Å². The van der Waals surface area contributed by atoms with Gasteiger partial charge in [0.05, 0.1) is 0 Å². The van der Waals surface area contributed by atoms with Gasteiger partial charge in [0.15, 0.2) is 0 Å². The number of thioether (sulfide) groups is 1. The molecule has 0 spiro atoms. The second-order valence-corrected chi connectivity index (χ2v) is 6.34. The van der Waals surface area contributed by atoms with Crippen molar-refractivity contribution < 1.29 is 14.6 Å². The van der Waals surface area contributed by atoms with E-state index in [2.05, 4.69) is 15.9 Å². The number of carboxylic acid groups (broad SMARTS) is 1. The van der Waals surface area contributed by atoms with Gasteiger partial charge in [-0.3, -0.25) is 4.79 Å². The van der Waals surface area contributed by atoms with Gasteiger partial charge in [-0.2, -0.15) is 0 Å². The number of hydrogen-bond donors (Lipinski definition) is 1. The van der Waals surface area contributed by atoms with Crippen molar-refractivity contribution in [3.8, 4) is 0 Å². The van der Waals surface area contributed by atoms with E-state index in [-0.39, 0.29) is 0 Å². The van der Waals surface area contributed by atoms with E-state index in [0.29, 0.717) is 26.1 Å². The molecule has 1 saturated heterocycles. The summed E-state index contributed by atoms with van der Waals surface area (Å²) < 4.78 is 5.52. The zero-order chi connectivity index (χ0) is 12.3. The summed E-state index contributed by atoms with van der Waals surface area (Å²) in [5, 5.41) is 9.42. The number of hydrogen-bond acceptors (Lipinski definition) is 3. The summed E-state index contributed by atoms with van der Waals surface area (Å²) in [6.07, 6.45) is 1.12. The Balaban J connectivity index is 2.17. The van der Waals surface area contributed by atoms with Gasteiger partial charge in [0, 0.05) is 22.6 Å². The molecule has 3 nitrogen and oxygen atoms in total. The van der Waals surface area contributed by atoms with Crippen molar-refractivity contribution in [3.63, 3.8) is 0 Å². The molecule has 1 aromatic carbocycles. The Kier molecular flexibility index (Phi) is 4.12. The monoisotopic (exact) mass is 316 g/mol. The first-order valence-electron chi connectivity index (χ1n) is 5.38. The van der Waals surface area contributed by atoms with Crippen LogP contribution in [-0.2, 0) is 9.53 Å². The molecule has 0 aromatic heterocycles. The maximum Gasteiger partial charge on any atom is 0.320 e. The lowest BCUT2D eigenvalue weighted by molar-refractivity contribution is -0.142. The first kappa shape index (κ1) is 12.9. The topological polar surface area (TPSA) is 46.5 Å². The Morgan fingerprint density at radius 1 is 1.29 bits per heavy atom. The normalized spacial score (nSPS) is 18.9. The molecule has 1 aliphatic heterocycles. The van der Waals surface area contributed by atoms with E-state index in [0.717, 1.165) is 9.37 Å². The molecule has 1 aromatic rings. The fourth-order valence-electron chi connectivity index (χ4n) is 1.79. The van der Waals surface area contributed by atoms with Gasteiger partial charge in [0.25, 0.3) is 0 Å². The summed E-state index contributed by atoms with van der Waals surface area (Å²) in [6, 6.07) is 7.73. The molecule has 1 heterocycles. The highest BCUT2D eigenvalue weighted by atomic mass is 79.9. The smallest absolute Gasteiger partial charge is 0.320 e. The molecule has 0 amide bonds. The molecule has 0 unspecified atom stereocenters. The zero-order valence-corrected chi connectivity index (χ0v) is 11.6. The van der Waals surface area contributed by atoms with Crippen LogP contribution in [0.3, 0.4) is 0 Å². The lowest BCUT2D eigenvalue weighted by Gasteiger charge is -2.32. The van der Waals surface area contributed by atoms with Gasteiger partial charge in [-0.1, -0.05) is 15.9 Å². The second kappa shape index (κ2) is 5.42. The van der Waals surface area contributed by atoms with Crippen LogP contribution in [0.25, 0.3) is 0 Å². The molecule has 2 rings (SSSR count). The van der Waals surface area contributed by atoms with E-state index in [1.165, 1.54) is 11.8 Å². The van der Waals surface area contributed by atoms with Crippen LogP contribution in [0.15, 0.2) is 33.6 Å². The van der Waals surface area contributed by atoms with Crippen molar-refractivity contribution in [2.24, 2.45) is 0 Å². The molecule has 1 N–H and O–H groups in total. The number of ether oxygens (including phenoxy) is 1. The quantitative estimate of drug-likeness (QED) is 0.930. The van der Waals surface area contributed by atoms with Crippen LogP contribution in [0.5, 0.6) is 0 Å². The van der Waals surface area contributed by atoms with E-state index < -0.39 is 10.7 Å². The standard InChI is InChI=1S/C12H13BrO3S/c13-9-1-3-10(4-2-9)17-12(11(14)15)5-7-16-8-6-12/h1-4H,5-8H2,(H,14,15). The zero-order valence-electron chi connectivity index (χ0n) is 9.19. The maximum atomic E-state index is 11.5. The Labute approximate surface area is 113 Å². The number of carboxylic acids is 1. The molecule has 5 heteroatoms. The van der Waals surface area contributed by atoms with Crippen LogP contribution in [-0.4, -0.2) is 29.0 Å². The molecular formula is C12H13BrO3S. The first-order chi connectivity index (χ1) is 8.12. The number of rotatable bonds is 3. The Morgan fingerprint density at radius 2 is 1.88 bits per heavy atom. The minimum Gasteiger partial charge on any atom is -0.480 e. The van der Waals surface area contributed by atoms with E-state index in [4.69, 9.17) is 4.74 Å². The van der Waals surface area contributed by atoms with Crippen molar-refractivity contribution >= 4 is 33.7 Å². The molecule has 0 saturated carbocycles. The molecular weight excluding hydrogens is 304 g/mol. The van der Waals surface area contributed by atoms with Gasteiger partial charge in [0.2, 0.25) is 0 Å². The van der Waals surface area contributed by atoms with Crippen LogP contribution in [0.4, 0.5) is 0 Å². The van der Waals surface area contributed by atoms with Gasteiger partial charge in [-0.15, -0.1) is 11.8 Å². The van der Waals surface area contributed by atoms with E-state index in [1.807, 2.05) is 24.3 Å². The third-order valence-electron chi connectivity index (χ3n) is 2.82. The molecule has 92 valence electrons. The molecule has 1 aliphatic rings. The van der Waals surface area contributed by atoms with Gasteiger partial charge < -0.3 is 9.84 Å². The van der Waals surface area contributed by atoms with E-state index in [9.17, 15) is 9.90 Å². The molecule has 1 fully saturated rings. The van der Waals surface area contributed by atoms with Crippen LogP contribution >= 0.6 is 27.7 Å². The van der Waals surface area contributed by atoms with Crippen LogP contribution in [0, 0.1) is 0 Å². The fourth-order valence-corrected chi connectivity index (χ4v) is 3.23. The first-order valence-corrected chi connectivity index (χ1v) is 6.99. The van der Waals surface area contributed by atoms with Crippen molar-refractivity contribution in [1.29, 1.82) is 0 Å². The third-order valence-corrected chi connectivity index (χ3v) is 4.83. The lowest BCUT2D eigenvalue weighted by Crippen LogP contribution is -2.40. The number of benzene rings is 1. The molecule has 0 radical (unpaired) electrons. The van der Waals surface area contributed by atoms with Crippen LogP contribution in [0.1, 0.15) is 12.8 Å². The predicted molar refractivity (Wildman–Crippen MR) is 70.4 cm³/mol. The average molecular weight is 317 g/mol. The van der Waals surface area contributed by atoms with Crippen LogP contribution < -0.4 is 0 Å². The molecule has 0 aliphatic carbocycles. The number of halogens is 1. The Morgan fingerprint density at radius 3 is 2.41 bits per heavy atom. The van der Waals surface area contributed by atoms with Gasteiger partial charge in [-0.05, 0) is 37.1 Å². The molecule has 0 atom stereocenters. The molecule has 0 bridgehead atoms. The van der Waals surface area contributed by atoms with Crippen molar-refractivity contribution in [2.75, 3.05) is 13.2 Å². The van der Waals surface area contributed by atoms with Crippen LogP contribution in [0.2, 0.25) is 0 Å². The summed E-state index contributed by atoms with van der Waals surface area (Å²) >= 11 is 4.80. The number of carbonyl (C=O) groups is 1. The SMILES string of the molecule is O=C(O)C1(Sc2ccc(Br)cc2)CCOCC1. The molecule has 17 heavy (non-hydrogen) atoms. The maximum absolute atomic E-state index is 11.5. The summed E-state index contributed by atoms with van der Waals surface area (Å²) in [4.78, 5) is 12.4. The van der Waals surface area contributed by atoms with Gasteiger partial charge >= 0.3 is 5.97 Å². The highest BCUT2D eigenvalue weighted by Gasteiger charge is 2.41. The van der Waals surface area contributed by atoms with Crippen molar-refractivity contribution in [3.05, 3.63) is 28.7 Å². The van der Waals surface area contributed by atoms with Gasteiger partial charge in [-0.25, -0.2) is 0 Å². The van der Waals surface area contributed by atoms with E-state index in [1.54, 1.807) is 0 Å². The van der Waals surface area contributed by atoms with E-state index >= 15 is 0 Å². The van der Waals surface area contributed by atoms with Gasteiger partial charge in [0.1, 0.15) is 4.75 Å². The largest absolute Gasteiger partial charge is 0.480 e. The highest BCUT2D eigenvalue weighted by Crippen LogP contribution is 2.41. The minimum absolute atomic E-state index is 0.524. The summed E-state index contributed by atoms with van der Waals surface area (Å²) in [6.45, 7) is 1.05. The fraction of sp³-hybridized carbons (Fsp3) is 0.417. The predicted octanol–water partition coefficient (Wildman–Crippen LogP) is 3.18. The minimum atomic E-state index is -0.742.